The largest absolute Gasteiger partial charge is 0.356 e. The Bertz CT molecular complexity index is 464. The molecule has 4 nitrogen and oxygen atoms in total. The summed E-state index contributed by atoms with van der Waals surface area (Å²) in [6.07, 6.45) is 3.39. The van der Waals surface area contributed by atoms with E-state index in [4.69, 9.17) is 9.47 Å². The standard InChI is InChI=1S/C20H32N2O2/c1-23-20(24-2)10-6-7-11-21-13-18-15-22(16-19(18)14-21)12-17-8-4-3-5-9-17/h3-5,8-9,18-20H,6-7,10-16H2,1-2H3/t18-,19+. The van der Waals surface area contributed by atoms with Crippen molar-refractivity contribution < 1.29 is 9.47 Å². The second kappa shape index (κ2) is 8.95. The maximum absolute atomic E-state index is 5.25. The summed E-state index contributed by atoms with van der Waals surface area (Å²) in [5, 5.41) is 0. The molecule has 1 aromatic carbocycles. The smallest absolute Gasteiger partial charge is 0.156 e. The van der Waals surface area contributed by atoms with E-state index in [0.717, 1.165) is 24.8 Å². The molecule has 24 heavy (non-hydrogen) atoms. The van der Waals surface area contributed by atoms with E-state index < -0.39 is 0 Å². The van der Waals surface area contributed by atoms with Gasteiger partial charge in [0.2, 0.25) is 0 Å². The lowest BCUT2D eigenvalue weighted by Crippen LogP contribution is -2.29. The van der Waals surface area contributed by atoms with Crippen LogP contribution in [0.4, 0.5) is 0 Å². The van der Waals surface area contributed by atoms with Gasteiger partial charge in [-0.3, -0.25) is 4.90 Å². The first-order chi connectivity index (χ1) is 11.8. The summed E-state index contributed by atoms with van der Waals surface area (Å²) in [6.45, 7) is 7.45. The first-order valence-corrected chi connectivity index (χ1v) is 9.32. The van der Waals surface area contributed by atoms with E-state index in [9.17, 15) is 0 Å². The summed E-state index contributed by atoms with van der Waals surface area (Å²) in [6, 6.07) is 10.9. The minimum absolute atomic E-state index is 0.0329. The van der Waals surface area contributed by atoms with Gasteiger partial charge in [-0.2, -0.15) is 0 Å². The molecule has 0 N–H and O–H groups in total. The van der Waals surface area contributed by atoms with Crippen molar-refractivity contribution in [2.24, 2.45) is 11.8 Å². The Hall–Kier alpha value is -0.940. The molecule has 2 aliphatic rings. The monoisotopic (exact) mass is 332 g/mol. The van der Waals surface area contributed by atoms with Crippen molar-refractivity contribution in [3.8, 4) is 0 Å². The first-order valence-electron chi connectivity index (χ1n) is 9.32. The lowest BCUT2D eigenvalue weighted by molar-refractivity contribution is -0.107. The van der Waals surface area contributed by atoms with Crippen LogP contribution in [0.25, 0.3) is 0 Å². The van der Waals surface area contributed by atoms with Crippen LogP contribution in [-0.2, 0) is 16.0 Å². The third-order valence-electron chi connectivity index (χ3n) is 5.58. The van der Waals surface area contributed by atoms with Gasteiger partial charge in [0.05, 0.1) is 0 Å². The van der Waals surface area contributed by atoms with E-state index in [1.54, 1.807) is 14.2 Å². The number of methoxy groups -OCH3 is 2. The molecule has 0 amide bonds. The number of benzene rings is 1. The van der Waals surface area contributed by atoms with Gasteiger partial charge in [-0.15, -0.1) is 0 Å². The van der Waals surface area contributed by atoms with Crippen molar-refractivity contribution in [1.82, 2.24) is 9.80 Å². The average Bonchev–Trinajstić information content (AvgIpc) is 3.14. The zero-order chi connectivity index (χ0) is 16.8. The molecular weight excluding hydrogens is 300 g/mol. The van der Waals surface area contributed by atoms with Gasteiger partial charge >= 0.3 is 0 Å². The predicted octanol–water partition coefficient (Wildman–Crippen LogP) is 2.84. The summed E-state index contributed by atoms with van der Waals surface area (Å²) in [4.78, 5) is 5.31. The highest BCUT2D eigenvalue weighted by molar-refractivity contribution is 5.15. The Morgan fingerprint density at radius 3 is 2.17 bits per heavy atom. The fourth-order valence-electron chi connectivity index (χ4n) is 4.32. The molecule has 2 fully saturated rings. The van der Waals surface area contributed by atoms with Crippen LogP contribution in [0.1, 0.15) is 24.8 Å². The number of fused-ring (bicyclic) bond motifs is 1. The van der Waals surface area contributed by atoms with Crippen LogP contribution in [0.3, 0.4) is 0 Å². The molecule has 0 bridgehead atoms. The molecule has 0 unspecified atom stereocenters. The lowest BCUT2D eigenvalue weighted by atomic mass is 10.0. The number of ether oxygens (including phenoxy) is 2. The number of hydrogen-bond donors (Lipinski definition) is 0. The molecule has 0 aromatic heterocycles. The maximum atomic E-state index is 5.25. The van der Waals surface area contributed by atoms with Crippen LogP contribution in [0.2, 0.25) is 0 Å². The van der Waals surface area contributed by atoms with Gasteiger partial charge in [0.1, 0.15) is 0 Å². The summed E-state index contributed by atoms with van der Waals surface area (Å²) in [7, 11) is 3.44. The molecule has 2 aliphatic heterocycles. The third kappa shape index (κ3) is 4.79. The predicted molar refractivity (Wildman–Crippen MR) is 96.8 cm³/mol. The van der Waals surface area contributed by atoms with Crippen molar-refractivity contribution in [3.05, 3.63) is 35.9 Å². The van der Waals surface area contributed by atoms with Gasteiger partial charge < -0.3 is 14.4 Å². The number of hydrogen-bond acceptors (Lipinski definition) is 4. The summed E-state index contributed by atoms with van der Waals surface area (Å²) in [5.74, 6) is 1.75. The molecule has 3 rings (SSSR count). The lowest BCUT2D eigenvalue weighted by Gasteiger charge is -2.21. The Kier molecular flexibility index (Phi) is 6.67. The fourth-order valence-corrected chi connectivity index (χ4v) is 4.32. The highest BCUT2D eigenvalue weighted by Crippen LogP contribution is 2.32. The van der Waals surface area contributed by atoms with E-state index in [-0.39, 0.29) is 6.29 Å². The summed E-state index contributed by atoms with van der Waals surface area (Å²) < 4.78 is 10.5. The normalized spacial score (nSPS) is 24.8. The quantitative estimate of drug-likeness (QED) is 0.513. The van der Waals surface area contributed by atoms with Crippen LogP contribution in [0.15, 0.2) is 30.3 Å². The Labute approximate surface area is 146 Å². The first kappa shape index (κ1) is 17.9. The SMILES string of the molecule is COC(CCCCN1C[C@@H]2CN(Cc3ccccc3)C[C@@H]2C1)OC. The minimum Gasteiger partial charge on any atom is -0.356 e. The number of rotatable bonds is 9. The molecule has 0 saturated carbocycles. The highest BCUT2D eigenvalue weighted by Gasteiger charge is 2.39. The Balaban J connectivity index is 1.33. The van der Waals surface area contributed by atoms with Crippen molar-refractivity contribution in [3.63, 3.8) is 0 Å². The molecule has 0 radical (unpaired) electrons. The molecule has 1 aromatic rings. The van der Waals surface area contributed by atoms with Crippen LogP contribution in [-0.4, -0.2) is 63.0 Å². The summed E-state index contributed by atoms with van der Waals surface area (Å²) >= 11 is 0. The molecule has 4 heteroatoms. The molecule has 0 aliphatic carbocycles. The molecular formula is C20H32N2O2. The van der Waals surface area contributed by atoms with Crippen LogP contribution in [0.5, 0.6) is 0 Å². The highest BCUT2D eigenvalue weighted by atomic mass is 16.7. The second-order valence-corrected chi connectivity index (χ2v) is 7.36. The maximum Gasteiger partial charge on any atom is 0.156 e. The molecule has 2 atom stereocenters. The Morgan fingerprint density at radius 2 is 1.54 bits per heavy atom. The van der Waals surface area contributed by atoms with E-state index in [2.05, 4.69) is 40.1 Å². The van der Waals surface area contributed by atoms with E-state index in [1.807, 2.05) is 0 Å². The molecule has 134 valence electrons. The van der Waals surface area contributed by atoms with Crippen molar-refractivity contribution in [1.29, 1.82) is 0 Å². The topological polar surface area (TPSA) is 24.9 Å². The van der Waals surface area contributed by atoms with Gasteiger partial charge in [0.25, 0.3) is 0 Å². The van der Waals surface area contributed by atoms with Gasteiger partial charge in [-0.25, -0.2) is 0 Å². The number of likely N-dealkylation sites (tertiary alicyclic amines) is 2. The number of unbranched alkanes of at least 4 members (excludes halogenated alkanes) is 1. The van der Waals surface area contributed by atoms with Gasteiger partial charge in [-0.1, -0.05) is 30.3 Å². The average molecular weight is 332 g/mol. The van der Waals surface area contributed by atoms with Crippen LogP contribution in [0, 0.1) is 11.8 Å². The van der Waals surface area contributed by atoms with Crippen LogP contribution >= 0.6 is 0 Å². The van der Waals surface area contributed by atoms with Gasteiger partial charge in [0.15, 0.2) is 6.29 Å². The van der Waals surface area contributed by atoms with E-state index in [1.165, 1.54) is 51.1 Å². The van der Waals surface area contributed by atoms with Gasteiger partial charge in [-0.05, 0) is 43.2 Å². The molecule has 2 saturated heterocycles. The third-order valence-corrected chi connectivity index (χ3v) is 5.58. The summed E-state index contributed by atoms with van der Waals surface area (Å²) in [5.41, 5.74) is 1.44. The van der Waals surface area contributed by atoms with Crippen molar-refractivity contribution >= 4 is 0 Å². The minimum atomic E-state index is -0.0329. The van der Waals surface area contributed by atoms with E-state index in [0.29, 0.717) is 0 Å². The molecule has 0 spiro atoms. The zero-order valence-corrected chi connectivity index (χ0v) is 15.2. The van der Waals surface area contributed by atoms with E-state index >= 15 is 0 Å². The van der Waals surface area contributed by atoms with Crippen LogP contribution < -0.4 is 0 Å². The van der Waals surface area contributed by atoms with Crippen molar-refractivity contribution in [2.45, 2.75) is 32.1 Å². The zero-order valence-electron chi connectivity index (χ0n) is 15.2. The van der Waals surface area contributed by atoms with Gasteiger partial charge in [0, 0.05) is 46.9 Å². The number of nitrogens with zero attached hydrogens (tertiary/aromatic N) is 2. The van der Waals surface area contributed by atoms with Crippen molar-refractivity contribution in [2.75, 3.05) is 46.9 Å². The fraction of sp³-hybridized carbons (Fsp3) is 0.700. The second-order valence-electron chi connectivity index (χ2n) is 7.36. The Morgan fingerprint density at radius 1 is 0.917 bits per heavy atom. The molecule has 2 heterocycles.